The summed E-state index contributed by atoms with van der Waals surface area (Å²) >= 11 is 0. The van der Waals surface area contributed by atoms with Crippen molar-refractivity contribution in [2.75, 3.05) is 17.2 Å². The molecule has 2 amide bonds. The predicted molar refractivity (Wildman–Crippen MR) is 115 cm³/mol. The maximum atomic E-state index is 12.6. The Balaban J connectivity index is 1.51. The molecule has 0 radical (unpaired) electrons. The second kappa shape index (κ2) is 9.08. The summed E-state index contributed by atoms with van der Waals surface area (Å²) in [6.07, 6.45) is 8.10. The number of aromatic amines is 2. The summed E-state index contributed by atoms with van der Waals surface area (Å²) in [6.45, 7) is 2.64. The first kappa shape index (κ1) is 20.1. The number of benzene rings is 1. The highest BCUT2D eigenvalue weighted by Gasteiger charge is 2.16. The Morgan fingerprint density at radius 2 is 2.00 bits per heavy atom. The van der Waals surface area contributed by atoms with Crippen molar-refractivity contribution in [1.29, 1.82) is 0 Å². The number of ether oxygens (including phenoxy) is 1. The lowest BCUT2D eigenvalue weighted by molar-refractivity contribution is 0.101. The Hall–Kier alpha value is -4.21. The Morgan fingerprint density at radius 3 is 2.81 bits per heavy atom. The van der Waals surface area contributed by atoms with Crippen LogP contribution in [0.2, 0.25) is 0 Å². The van der Waals surface area contributed by atoms with Gasteiger partial charge in [-0.3, -0.25) is 25.2 Å². The van der Waals surface area contributed by atoms with Gasteiger partial charge in [-0.1, -0.05) is 19.4 Å². The zero-order chi connectivity index (χ0) is 21.6. The molecule has 0 bridgehead atoms. The first-order valence-electron chi connectivity index (χ1n) is 9.82. The van der Waals surface area contributed by atoms with Crippen molar-refractivity contribution in [3.63, 3.8) is 0 Å². The zero-order valence-electron chi connectivity index (χ0n) is 16.8. The standard InChI is InChI=1S/C21H21N7O3/c1-2-3-9-31-14-10-13(11-22-12-14)18(29)27-21-25-16-6-4-5-15(17(16)26-21)19(30)28-20-23-7-8-24-20/h4-8,10-12H,2-3,9H2,1H3,(H2,23,24,28,30)(H2,25,26,27,29). The van der Waals surface area contributed by atoms with Gasteiger partial charge in [-0.2, -0.15) is 0 Å². The van der Waals surface area contributed by atoms with Crippen LogP contribution in [0, 0.1) is 0 Å². The molecule has 3 aromatic heterocycles. The van der Waals surface area contributed by atoms with Crippen molar-refractivity contribution in [1.82, 2.24) is 24.9 Å². The van der Waals surface area contributed by atoms with Gasteiger partial charge in [-0.15, -0.1) is 0 Å². The number of H-pyrrole nitrogens is 2. The number of imidazole rings is 2. The third-order valence-corrected chi connectivity index (χ3v) is 4.46. The highest BCUT2D eigenvalue weighted by atomic mass is 16.5. The summed E-state index contributed by atoms with van der Waals surface area (Å²) in [5.74, 6) is 0.317. The number of carbonyl (C=O) groups excluding carboxylic acids is 2. The van der Waals surface area contributed by atoms with Gasteiger partial charge in [0, 0.05) is 18.6 Å². The number of fused-ring (bicyclic) bond motifs is 1. The molecular weight excluding hydrogens is 398 g/mol. The van der Waals surface area contributed by atoms with Gasteiger partial charge in [0.1, 0.15) is 11.3 Å². The fraction of sp³-hybridized carbons (Fsp3) is 0.190. The molecule has 4 rings (SSSR count). The molecule has 158 valence electrons. The smallest absolute Gasteiger partial charge is 0.260 e. The van der Waals surface area contributed by atoms with Gasteiger partial charge in [0.2, 0.25) is 11.9 Å². The number of aromatic nitrogens is 5. The Labute approximate surface area is 177 Å². The van der Waals surface area contributed by atoms with Gasteiger partial charge in [0.05, 0.1) is 29.4 Å². The molecule has 0 fully saturated rings. The molecule has 31 heavy (non-hydrogen) atoms. The van der Waals surface area contributed by atoms with Crippen molar-refractivity contribution in [2.45, 2.75) is 19.8 Å². The van der Waals surface area contributed by atoms with Crippen molar-refractivity contribution in [3.05, 3.63) is 60.2 Å². The molecule has 4 aromatic rings. The van der Waals surface area contributed by atoms with Gasteiger partial charge < -0.3 is 14.7 Å². The van der Waals surface area contributed by atoms with Crippen molar-refractivity contribution >= 4 is 34.7 Å². The summed E-state index contributed by atoms with van der Waals surface area (Å²) in [7, 11) is 0. The number of unbranched alkanes of at least 4 members (excludes halogenated alkanes) is 1. The minimum Gasteiger partial charge on any atom is -0.492 e. The van der Waals surface area contributed by atoms with Crippen LogP contribution < -0.4 is 15.4 Å². The van der Waals surface area contributed by atoms with Gasteiger partial charge in [0.25, 0.3) is 11.8 Å². The highest BCUT2D eigenvalue weighted by molar-refractivity contribution is 6.11. The number of pyridine rings is 1. The molecular formula is C21H21N7O3. The van der Waals surface area contributed by atoms with E-state index in [1.54, 1.807) is 36.7 Å². The fourth-order valence-corrected chi connectivity index (χ4v) is 2.92. The first-order chi connectivity index (χ1) is 15.1. The molecule has 0 spiro atoms. The zero-order valence-corrected chi connectivity index (χ0v) is 16.8. The van der Waals surface area contributed by atoms with Crippen LogP contribution in [-0.4, -0.2) is 43.3 Å². The van der Waals surface area contributed by atoms with Crippen LogP contribution in [0.3, 0.4) is 0 Å². The Morgan fingerprint density at radius 1 is 1.13 bits per heavy atom. The number of anilines is 2. The quantitative estimate of drug-likeness (QED) is 0.323. The van der Waals surface area contributed by atoms with Crippen LogP contribution in [0.1, 0.15) is 40.5 Å². The van der Waals surface area contributed by atoms with E-state index >= 15 is 0 Å². The Bertz CT molecular complexity index is 1200. The largest absolute Gasteiger partial charge is 0.492 e. The van der Waals surface area contributed by atoms with E-state index in [1.165, 1.54) is 12.4 Å². The van der Waals surface area contributed by atoms with E-state index in [1.807, 2.05) is 0 Å². The number of carbonyl (C=O) groups is 2. The average Bonchev–Trinajstić information content (AvgIpc) is 3.43. The van der Waals surface area contributed by atoms with Crippen LogP contribution in [-0.2, 0) is 0 Å². The topological polar surface area (TPSA) is 138 Å². The molecule has 3 heterocycles. The minimum absolute atomic E-state index is 0.218. The maximum Gasteiger partial charge on any atom is 0.260 e. The van der Waals surface area contributed by atoms with Crippen LogP contribution in [0.5, 0.6) is 5.75 Å². The molecule has 0 saturated heterocycles. The number of hydrogen-bond donors (Lipinski definition) is 4. The molecule has 0 unspecified atom stereocenters. The number of nitrogens with one attached hydrogen (secondary N) is 4. The number of rotatable bonds is 8. The van der Waals surface area contributed by atoms with Crippen LogP contribution in [0.15, 0.2) is 49.1 Å². The number of nitrogens with zero attached hydrogens (tertiary/aromatic N) is 3. The maximum absolute atomic E-state index is 12.6. The lowest BCUT2D eigenvalue weighted by Gasteiger charge is -2.06. The predicted octanol–water partition coefficient (Wildman–Crippen LogP) is 3.36. The van der Waals surface area contributed by atoms with Gasteiger partial charge in [0.15, 0.2) is 0 Å². The van der Waals surface area contributed by atoms with E-state index in [0.29, 0.717) is 40.5 Å². The molecule has 10 nitrogen and oxygen atoms in total. The lowest BCUT2D eigenvalue weighted by atomic mass is 10.2. The normalized spacial score (nSPS) is 10.7. The molecule has 4 N–H and O–H groups in total. The fourth-order valence-electron chi connectivity index (χ4n) is 2.92. The van der Waals surface area contributed by atoms with E-state index in [9.17, 15) is 9.59 Å². The molecule has 0 aliphatic rings. The van der Waals surface area contributed by atoms with E-state index in [-0.39, 0.29) is 11.9 Å². The molecule has 1 aromatic carbocycles. The SMILES string of the molecule is CCCCOc1cncc(C(=O)Nc2nc3c(C(=O)Nc4ncc[nH]4)cccc3[nH]2)c1. The summed E-state index contributed by atoms with van der Waals surface area (Å²) in [5, 5.41) is 5.37. The van der Waals surface area contributed by atoms with Crippen molar-refractivity contribution in [3.8, 4) is 5.75 Å². The molecule has 0 aliphatic carbocycles. The van der Waals surface area contributed by atoms with E-state index in [0.717, 1.165) is 12.8 Å². The number of hydrogen-bond acceptors (Lipinski definition) is 6. The monoisotopic (exact) mass is 419 g/mol. The van der Waals surface area contributed by atoms with Gasteiger partial charge in [-0.25, -0.2) is 9.97 Å². The lowest BCUT2D eigenvalue weighted by Crippen LogP contribution is -2.14. The van der Waals surface area contributed by atoms with Crippen molar-refractivity contribution < 1.29 is 14.3 Å². The van der Waals surface area contributed by atoms with Crippen molar-refractivity contribution in [2.24, 2.45) is 0 Å². The molecule has 0 atom stereocenters. The molecule has 0 aliphatic heterocycles. The highest BCUT2D eigenvalue weighted by Crippen LogP contribution is 2.20. The molecule has 0 saturated carbocycles. The third kappa shape index (κ3) is 4.69. The average molecular weight is 419 g/mol. The Kier molecular flexibility index (Phi) is 5.88. The summed E-state index contributed by atoms with van der Waals surface area (Å²) in [6, 6.07) is 6.77. The van der Waals surface area contributed by atoms with Crippen LogP contribution >= 0.6 is 0 Å². The van der Waals surface area contributed by atoms with E-state index in [2.05, 4.69) is 42.5 Å². The second-order valence-corrected chi connectivity index (χ2v) is 6.74. The summed E-state index contributed by atoms with van der Waals surface area (Å²) in [5.41, 5.74) is 1.72. The summed E-state index contributed by atoms with van der Waals surface area (Å²) in [4.78, 5) is 43.5. The summed E-state index contributed by atoms with van der Waals surface area (Å²) < 4.78 is 5.60. The van der Waals surface area contributed by atoms with E-state index < -0.39 is 5.91 Å². The molecule has 10 heteroatoms. The van der Waals surface area contributed by atoms with Crippen LogP contribution in [0.25, 0.3) is 11.0 Å². The third-order valence-electron chi connectivity index (χ3n) is 4.46. The van der Waals surface area contributed by atoms with Gasteiger partial charge >= 0.3 is 0 Å². The number of para-hydroxylation sites is 1. The second-order valence-electron chi connectivity index (χ2n) is 6.74. The van der Waals surface area contributed by atoms with E-state index in [4.69, 9.17) is 4.74 Å². The first-order valence-corrected chi connectivity index (χ1v) is 9.82. The van der Waals surface area contributed by atoms with Crippen LogP contribution in [0.4, 0.5) is 11.9 Å². The van der Waals surface area contributed by atoms with Gasteiger partial charge in [-0.05, 0) is 24.6 Å². The minimum atomic E-state index is -0.394. The number of amides is 2.